The van der Waals surface area contributed by atoms with Crippen LogP contribution in [0.3, 0.4) is 0 Å². The van der Waals surface area contributed by atoms with E-state index in [1.807, 2.05) is 11.9 Å². The lowest BCUT2D eigenvalue weighted by Crippen LogP contribution is -2.23. The molecular formula is C17H23N3O4. The van der Waals surface area contributed by atoms with E-state index in [-0.39, 0.29) is 6.03 Å². The summed E-state index contributed by atoms with van der Waals surface area (Å²) in [7, 11) is 6.60. The standard InChI is InChI=1S/C17H23N3O4/c1-20-9-5-6-15(20)19-17(21)18-8-7-12-10-13(22-2)16(24-4)14(11-12)23-3/h7-8,10-11H,5-6,9H2,1-4H3,(H,18,21). The number of carbonyl (C=O) groups is 1. The maximum atomic E-state index is 11.8. The van der Waals surface area contributed by atoms with E-state index in [1.165, 1.54) is 0 Å². The topological polar surface area (TPSA) is 72.4 Å². The first kappa shape index (κ1) is 17.7. The molecule has 0 radical (unpaired) electrons. The number of carbonyl (C=O) groups excluding carboxylic acids is 1. The first-order chi connectivity index (χ1) is 11.6. The molecule has 7 nitrogen and oxygen atoms in total. The number of rotatable bonds is 5. The minimum absolute atomic E-state index is 0.387. The summed E-state index contributed by atoms with van der Waals surface area (Å²) in [5, 5.41) is 2.64. The lowest BCUT2D eigenvalue weighted by Gasteiger charge is -2.12. The third-order valence-electron chi connectivity index (χ3n) is 3.73. The molecule has 0 aromatic heterocycles. The molecule has 0 saturated carbocycles. The van der Waals surface area contributed by atoms with E-state index >= 15 is 0 Å². The Balaban J connectivity index is 2.07. The molecule has 24 heavy (non-hydrogen) atoms. The summed E-state index contributed by atoms with van der Waals surface area (Å²) < 4.78 is 15.9. The molecule has 1 aliphatic heterocycles. The van der Waals surface area contributed by atoms with Crippen LogP contribution in [0.5, 0.6) is 17.2 Å². The van der Waals surface area contributed by atoms with E-state index in [2.05, 4.69) is 10.3 Å². The normalized spacial score (nSPS) is 15.8. The predicted molar refractivity (Wildman–Crippen MR) is 93.0 cm³/mol. The Labute approximate surface area is 141 Å². The zero-order valence-electron chi connectivity index (χ0n) is 14.5. The van der Waals surface area contributed by atoms with Crippen molar-refractivity contribution >= 4 is 17.9 Å². The average Bonchev–Trinajstić information content (AvgIpc) is 2.98. The highest BCUT2D eigenvalue weighted by Crippen LogP contribution is 2.38. The fraction of sp³-hybridized carbons (Fsp3) is 0.412. The van der Waals surface area contributed by atoms with Crippen molar-refractivity contribution < 1.29 is 19.0 Å². The van der Waals surface area contributed by atoms with Crippen molar-refractivity contribution in [3.63, 3.8) is 0 Å². The van der Waals surface area contributed by atoms with Crippen LogP contribution in [0, 0.1) is 0 Å². The van der Waals surface area contributed by atoms with Crippen molar-refractivity contribution in [2.75, 3.05) is 34.9 Å². The number of amides is 2. The van der Waals surface area contributed by atoms with Gasteiger partial charge >= 0.3 is 6.03 Å². The Kier molecular flexibility index (Phi) is 6.06. The van der Waals surface area contributed by atoms with Gasteiger partial charge in [0.1, 0.15) is 5.84 Å². The van der Waals surface area contributed by atoms with Gasteiger partial charge in [-0.05, 0) is 30.2 Å². The number of amidine groups is 1. The second-order valence-electron chi connectivity index (χ2n) is 5.29. The zero-order valence-corrected chi connectivity index (χ0v) is 14.5. The number of hydrogen-bond donors (Lipinski definition) is 1. The number of nitrogens with one attached hydrogen (secondary N) is 1. The van der Waals surface area contributed by atoms with E-state index in [0.29, 0.717) is 17.2 Å². The first-order valence-electron chi connectivity index (χ1n) is 7.64. The monoisotopic (exact) mass is 333 g/mol. The molecule has 1 aromatic rings. The van der Waals surface area contributed by atoms with E-state index < -0.39 is 0 Å². The third-order valence-corrected chi connectivity index (χ3v) is 3.73. The molecule has 1 fully saturated rings. The molecule has 0 atom stereocenters. The molecule has 0 unspecified atom stereocenters. The molecule has 1 aromatic carbocycles. The molecule has 0 bridgehead atoms. The third kappa shape index (κ3) is 4.18. The molecule has 130 valence electrons. The van der Waals surface area contributed by atoms with Crippen LogP contribution < -0.4 is 19.5 Å². The molecule has 2 amide bonds. The van der Waals surface area contributed by atoms with Crippen LogP contribution in [0.1, 0.15) is 18.4 Å². The van der Waals surface area contributed by atoms with Crippen molar-refractivity contribution in [2.24, 2.45) is 4.99 Å². The van der Waals surface area contributed by atoms with Gasteiger partial charge in [0.25, 0.3) is 0 Å². The van der Waals surface area contributed by atoms with Crippen molar-refractivity contribution in [1.29, 1.82) is 0 Å². The molecule has 7 heteroatoms. The van der Waals surface area contributed by atoms with E-state index in [4.69, 9.17) is 14.2 Å². The number of hydrogen-bond acceptors (Lipinski definition) is 4. The van der Waals surface area contributed by atoms with Gasteiger partial charge in [0.2, 0.25) is 5.75 Å². The van der Waals surface area contributed by atoms with Crippen molar-refractivity contribution in [1.82, 2.24) is 10.2 Å². The average molecular weight is 333 g/mol. The van der Waals surface area contributed by atoms with Gasteiger partial charge in [0.15, 0.2) is 11.5 Å². The summed E-state index contributed by atoms with van der Waals surface area (Å²) in [4.78, 5) is 17.9. The smallest absolute Gasteiger partial charge is 0.346 e. The number of nitrogens with zero attached hydrogens (tertiary/aromatic N) is 2. The predicted octanol–water partition coefficient (Wildman–Crippen LogP) is 2.52. The molecule has 1 heterocycles. The molecule has 0 aliphatic carbocycles. The fourth-order valence-corrected chi connectivity index (χ4v) is 2.49. The highest BCUT2D eigenvalue weighted by atomic mass is 16.5. The van der Waals surface area contributed by atoms with Gasteiger partial charge in [-0.3, -0.25) is 0 Å². The van der Waals surface area contributed by atoms with E-state index in [0.717, 1.165) is 30.8 Å². The summed E-state index contributed by atoms with van der Waals surface area (Å²) in [6, 6.07) is 3.20. The number of benzene rings is 1. The van der Waals surface area contributed by atoms with Crippen LogP contribution in [0.4, 0.5) is 4.79 Å². The van der Waals surface area contributed by atoms with Crippen LogP contribution >= 0.6 is 0 Å². The second-order valence-corrected chi connectivity index (χ2v) is 5.29. The molecule has 2 rings (SSSR count). The van der Waals surface area contributed by atoms with Crippen molar-refractivity contribution in [3.8, 4) is 17.2 Å². The lowest BCUT2D eigenvalue weighted by atomic mass is 10.2. The Morgan fingerprint density at radius 2 is 1.88 bits per heavy atom. The summed E-state index contributed by atoms with van der Waals surface area (Å²) in [5.74, 6) is 2.44. The summed E-state index contributed by atoms with van der Waals surface area (Å²) >= 11 is 0. The van der Waals surface area contributed by atoms with Crippen LogP contribution in [-0.4, -0.2) is 51.7 Å². The van der Waals surface area contributed by atoms with Gasteiger partial charge in [-0.1, -0.05) is 0 Å². The number of aliphatic imine (C=N–C) groups is 1. The Hall–Kier alpha value is -2.70. The molecule has 0 spiro atoms. The summed E-state index contributed by atoms with van der Waals surface area (Å²) in [6.07, 6.45) is 5.15. The molecule has 1 saturated heterocycles. The van der Waals surface area contributed by atoms with Gasteiger partial charge in [-0.2, -0.15) is 4.99 Å². The molecular weight excluding hydrogens is 310 g/mol. The Morgan fingerprint density at radius 3 is 2.38 bits per heavy atom. The minimum atomic E-state index is -0.387. The SMILES string of the molecule is COc1cc(C=CNC(=O)N=C2CCCN2C)cc(OC)c1OC. The van der Waals surface area contributed by atoms with Gasteiger partial charge in [0, 0.05) is 26.2 Å². The Morgan fingerprint density at radius 1 is 1.21 bits per heavy atom. The molecule has 1 aliphatic rings. The lowest BCUT2D eigenvalue weighted by molar-refractivity contribution is 0.252. The maximum Gasteiger partial charge on any atom is 0.346 e. The number of likely N-dealkylation sites (tertiary alicyclic amines) is 1. The second kappa shape index (κ2) is 8.24. The van der Waals surface area contributed by atoms with Crippen LogP contribution in [0.25, 0.3) is 6.08 Å². The highest BCUT2D eigenvalue weighted by molar-refractivity contribution is 5.95. The number of ether oxygens (including phenoxy) is 3. The van der Waals surface area contributed by atoms with Crippen molar-refractivity contribution in [2.45, 2.75) is 12.8 Å². The van der Waals surface area contributed by atoms with Crippen LogP contribution in [0.15, 0.2) is 23.3 Å². The largest absolute Gasteiger partial charge is 0.493 e. The van der Waals surface area contributed by atoms with Crippen LogP contribution in [0.2, 0.25) is 0 Å². The van der Waals surface area contributed by atoms with Gasteiger partial charge < -0.3 is 24.4 Å². The van der Waals surface area contributed by atoms with E-state index in [9.17, 15) is 4.79 Å². The quantitative estimate of drug-likeness (QED) is 0.896. The maximum absolute atomic E-state index is 11.8. The van der Waals surface area contributed by atoms with Gasteiger partial charge in [0.05, 0.1) is 21.3 Å². The number of urea groups is 1. The van der Waals surface area contributed by atoms with Crippen molar-refractivity contribution in [3.05, 3.63) is 23.9 Å². The first-order valence-corrected chi connectivity index (χ1v) is 7.64. The summed E-state index contributed by atoms with van der Waals surface area (Å²) in [5.41, 5.74) is 0.801. The van der Waals surface area contributed by atoms with Crippen LogP contribution in [-0.2, 0) is 0 Å². The van der Waals surface area contributed by atoms with Gasteiger partial charge in [-0.25, -0.2) is 4.79 Å². The van der Waals surface area contributed by atoms with E-state index in [1.54, 1.807) is 45.7 Å². The number of methoxy groups -OCH3 is 3. The fourth-order valence-electron chi connectivity index (χ4n) is 2.49. The summed E-state index contributed by atoms with van der Waals surface area (Å²) in [6.45, 7) is 0.938. The minimum Gasteiger partial charge on any atom is -0.493 e. The highest BCUT2D eigenvalue weighted by Gasteiger charge is 2.15. The molecule has 1 N–H and O–H groups in total. The Bertz CT molecular complexity index is 630. The van der Waals surface area contributed by atoms with Gasteiger partial charge in [-0.15, -0.1) is 0 Å². The zero-order chi connectivity index (χ0) is 17.5.